The van der Waals surface area contributed by atoms with Gasteiger partial charge in [-0.2, -0.15) is 5.26 Å². The standard InChI is InChI=1S/C12H25N3/c1-5-11(2)15(4)9-7-6-8-12(3,14)10-13/h11H,5-9,14H2,1-4H3. The van der Waals surface area contributed by atoms with Crippen LogP contribution in [0.2, 0.25) is 0 Å². The Labute approximate surface area is 94.2 Å². The Morgan fingerprint density at radius 3 is 2.53 bits per heavy atom. The zero-order chi connectivity index (χ0) is 11.9. The van der Waals surface area contributed by atoms with Crippen molar-refractivity contribution in [1.82, 2.24) is 4.90 Å². The summed E-state index contributed by atoms with van der Waals surface area (Å²) in [5.41, 5.74) is 5.10. The molecule has 2 N–H and O–H groups in total. The predicted octanol–water partition coefficient (Wildman–Crippen LogP) is 2.13. The molecule has 0 rings (SSSR count). The van der Waals surface area contributed by atoms with Crippen molar-refractivity contribution in [2.45, 2.75) is 58.0 Å². The van der Waals surface area contributed by atoms with Crippen molar-refractivity contribution in [1.29, 1.82) is 5.26 Å². The summed E-state index contributed by atoms with van der Waals surface area (Å²) in [4.78, 5) is 2.36. The van der Waals surface area contributed by atoms with E-state index < -0.39 is 5.54 Å². The largest absolute Gasteiger partial charge is 0.314 e. The van der Waals surface area contributed by atoms with Crippen LogP contribution in [0.1, 0.15) is 46.5 Å². The summed E-state index contributed by atoms with van der Waals surface area (Å²) in [7, 11) is 2.15. The maximum absolute atomic E-state index is 8.74. The van der Waals surface area contributed by atoms with E-state index in [1.54, 1.807) is 6.92 Å². The average Bonchev–Trinajstić information content (AvgIpc) is 2.22. The van der Waals surface area contributed by atoms with Crippen LogP contribution in [0.4, 0.5) is 0 Å². The van der Waals surface area contributed by atoms with E-state index in [1.807, 2.05) is 0 Å². The van der Waals surface area contributed by atoms with E-state index in [-0.39, 0.29) is 0 Å². The molecule has 0 spiro atoms. The van der Waals surface area contributed by atoms with Crippen LogP contribution in [-0.2, 0) is 0 Å². The predicted molar refractivity (Wildman–Crippen MR) is 64.4 cm³/mol. The van der Waals surface area contributed by atoms with Gasteiger partial charge in [0.15, 0.2) is 0 Å². The highest BCUT2D eigenvalue weighted by atomic mass is 15.1. The summed E-state index contributed by atoms with van der Waals surface area (Å²) in [6.45, 7) is 7.33. The molecule has 0 aromatic carbocycles. The van der Waals surface area contributed by atoms with Crippen molar-refractivity contribution in [2.75, 3.05) is 13.6 Å². The summed E-state index contributed by atoms with van der Waals surface area (Å²) >= 11 is 0. The summed E-state index contributed by atoms with van der Waals surface area (Å²) in [6.07, 6.45) is 4.12. The summed E-state index contributed by atoms with van der Waals surface area (Å²) in [6, 6.07) is 2.77. The SMILES string of the molecule is CCC(C)N(C)CCCCC(C)(N)C#N. The Morgan fingerprint density at radius 1 is 1.47 bits per heavy atom. The molecule has 15 heavy (non-hydrogen) atoms. The highest BCUT2D eigenvalue weighted by molar-refractivity contribution is 5.00. The maximum atomic E-state index is 8.74. The Hall–Kier alpha value is -0.590. The van der Waals surface area contributed by atoms with Gasteiger partial charge in [-0.3, -0.25) is 0 Å². The lowest BCUT2D eigenvalue weighted by Gasteiger charge is -2.23. The van der Waals surface area contributed by atoms with Crippen LogP contribution in [0.15, 0.2) is 0 Å². The smallest absolute Gasteiger partial charge is 0.101 e. The van der Waals surface area contributed by atoms with Crippen molar-refractivity contribution in [2.24, 2.45) is 5.73 Å². The van der Waals surface area contributed by atoms with E-state index in [0.717, 1.165) is 25.8 Å². The molecule has 0 fully saturated rings. The molecule has 0 aromatic heterocycles. The van der Waals surface area contributed by atoms with E-state index in [4.69, 9.17) is 11.0 Å². The lowest BCUT2D eigenvalue weighted by Crippen LogP contribution is -2.34. The lowest BCUT2D eigenvalue weighted by atomic mass is 9.98. The second-order valence-corrected chi connectivity index (χ2v) is 4.72. The van der Waals surface area contributed by atoms with Gasteiger partial charge in [0.25, 0.3) is 0 Å². The van der Waals surface area contributed by atoms with E-state index in [0.29, 0.717) is 6.04 Å². The molecular formula is C12H25N3. The van der Waals surface area contributed by atoms with Gasteiger partial charge in [0, 0.05) is 6.04 Å². The van der Waals surface area contributed by atoms with Gasteiger partial charge in [0.05, 0.1) is 6.07 Å². The average molecular weight is 211 g/mol. The lowest BCUT2D eigenvalue weighted by molar-refractivity contribution is 0.245. The monoisotopic (exact) mass is 211 g/mol. The number of nitrogens with zero attached hydrogens (tertiary/aromatic N) is 2. The quantitative estimate of drug-likeness (QED) is 0.656. The topological polar surface area (TPSA) is 53.0 Å². The molecule has 88 valence electrons. The van der Waals surface area contributed by atoms with Gasteiger partial charge >= 0.3 is 0 Å². The van der Waals surface area contributed by atoms with E-state index in [2.05, 4.69) is 31.9 Å². The fourth-order valence-electron chi connectivity index (χ4n) is 1.44. The van der Waals surface area contributed by atoms with E-state index in [1.165, 1.54) is 6.42 Å². The molecule has 0 aliphatic heterocycles. The summed E-state index contributed by atoms with van der Waals surface area (Å²) in [5.74, 6) is 0. The number of nitrogens with two attached hydrogens (primary N) is 1. The molecule has 0 heterocycles. The van der Waals surface area contributed by atoms with Crippen LogP contribution in [0, 0.1) is 11.3 Å². The van der Waals surface area contributed by atoms with Crippen molar-refractivity contribution in [3.05, 3.63) is 0 Å². The van der Waals surface area contributed by atoms with Crippen LogP contribution in [0.3, 0.4) is 0 Å². The minimum atomic E-state index is -0.644. The first-order valence-electron chi connectivity index (χ1n) is 5.83. The molecule has 0 saturated carbocycles. The molecule has 3 heteroatoms. The second-order valence-electron chi connectivity index (χ2n) is 4.72. The van der Waals surface area contributed by atoms with Crippen LogP contribution >= 0.6 is 0 Å². The first kappa shape index (κ1) is 14.4. The van der Waals surface area contributed by atoms with Gasteiger partial charge in [-0.05, 0) is 53.1 Å². The molecule has 0 amide bonds. The number of rotatable bonds is 7. The Bertz CT molecular complexity index is 205. The normalized spacial score (nSPS) is 17.1. The van der Waals surface area contributed by atoms with Gasteiger partial charge in [0.1, 0.15) is 5.54 Å². The minimum Gasteiger partial charge on any atom is -0.314 e. The number of hydrogen-bond acceptors (Lipinski definition) is 3. The molecule has 2 unspecified atom stereocenters. The third-order valence-electron chi connectivity index (χ3n) is 3.06. The Morgan fingerprint density at radius 2 is 2.07 bits per heavy atom. The first-order valence-corrected chi connectivity index (χ1v) is 5.83. The highest BCUT2D eigenvalue weighted by Crippen LogP contribution is 2.10. The fraction of sp³-hybridized carbons (Fsp3) is 0.917. The number of nitriles is 1. The maximum Gasteiger partial charge on any atom is 0.101 e. The van der Waals surface area contributed by atoms with Gasteiger partial charge in [-0.15, -0.1) is 0 Å². The zero-order valence-corrected chi connectivity index (χ0v) is 10.6. The van der Waals surface area contributed by atoms with Gasteiger partial charge in [-0.25, -0.2) is 0 Å². The van der Waals surface area contributed by atoms with Crippen molar-refractivity contribution < 1.29 is 0 Å². The third kappa shape index (κ3) is 6.48. The molecule has 0 aliphatic carbocycles. The molecule has 0 aromatic rings. The van der Waals surface area contributed by atoms with Crippen molar-refractivity contribution >= 4 is 0 Å². The Kier molecular flexibility index (Phi) is 6.55. The fourth-order valence-corrected chi connectivity index (χ4v) is 1.44. The molecule has 0 saturated heterocycles. The van der Waals surface area contributed by atoms with Crippen LogP contribution in [0.25, 0.3) is 0 Å². The molecule has 0 radical (unpaired) electrons. The van der Waals surface area contributed by atoms with Gasteiger partial charge in [-0.1, -0.05) is 6.92 Å². The molecule has 3 nitrogen and oxygen atoms in total. The zero-order valence-electron chi connectivity index (χ0n) is 10.6. The molecule has 2 atom stereocenters. The molecule has 0 aliphatic rings. The number of unbranched alkanes of at least 4 members (excludes halogenated alkanes) is 1. The van der Waals surface area contributed by atoms with E-state index in [9.17, 15) is 0 Å². The summed E-state index contributed by atoms with van der Waals surface area (Å²) in [5, 5.41) is 8.74. The highest BCUT2D eigenvalue weighted by Gasteiger charge is 2.16. The van der Waals surface area contributed by atoms with Gasteiger partial charge < -0.3 is 10.6 Å². The first-order chi connectivity index (χ1) is 6.93. The van der Waals surface area contributed by atoms with Crippen LogP contribution in [0.5, 0.6) is 0 Å². The van der Waals surface area contributed by atoms with Gasteiger partial charge in [0.2, 0.25) is 0 Å². The second kappa shape index (κ2) is 6.81. The van der Waals surface area contributed by atoms with Crippen LogP contribution < -0.4 is 5.73 Å². The molecular weight excluding hydrogens is 186 g/mol. The van der Waals surface area contributed by atoms with Crippen molar-refractivity contribution in [3.63, 3.8) is 0 Å². The van der Waals surface area contributed by atoms with Crippen molar-refractivity contribution in [3.8, 4) is 6.07 Å². The van der Waals surface area contributed by atoms with E-state index >= 15 is 0 Å². The minimum absolute atomic E-state index is 0.644. The van der Waals surface area contributed by atoms with Crippen LogP contribution in [-0.4, -0.2) is 30.1 Å². The number of hydrogen-bond donors (Lipinski definition) is 1. The molecule has 0 bridgehead atoms. The Balaban J connectivity index is 3.60. The summed E-state index contributed by atoms with van der Waals surface area (Å²) < 4.78 is 0. The third-order valence-corrected chi connectivity index (χ3v) is 3.06.